The molecule has 3 heteroatoms. The molecule has 0 N–H and O–H groups in total. The Balaban J connectivity index is 0.00000180. The van der Waals surface area contributed by atoms with Crippen LogP contribution in [0, 0.1) is 5.92 Å². The summed E-state index contributed by atoms with van der Waals surface area (Å²) in [6.45, 7) is 4.98. The molecule has 1 aromatic carbocycles. The van der Waals surface area contributed by atoms with Crippen LogP contribution in [0.25, 0.3) is 0 Å². The smallest absolute Gasteiger partial charge is 0.0109 e. The average molecular weight is 283 g/mol. The van der Waals surface area contributed by atoms with Crippen LogP contribution in [0.5, 0.6) is 0 Å². The van der Waals surface area contributed by atoms with E-state index in [0.717, 1.165) is 5.92 Å². The number of halogens is 1. The van der Waals surface area contributed by atoms with Crippen LogP contribution in [0.2, 0.25) is 0 Å². The summed E-state index contributed by atoms with van der Waals surface area (Å²) in [6.07, 6.45) is 3.99. The van der Waals surface area contributed by atoms with Crippen molar-refractivity contribution in [3.8, 4) is 0 Å². The van der Waals surface area contributed by atoms with Crippen LogP contribution < -0.4 is 0 Å². The molecule has 2 rings (SSSR count). The van der Waals surface area contributed by atoms with Gasteiger partial charge in [0.25, 0.3) is 0 Å². The Hall–Kier alpha value is -0.570. The van der Waals surface area contributed by atoms with E-state index in [0.29, 0.717) is 0 Å². The van der Waals surface area contributed by atoms with E-state index >= 15 is 0 Å². The fourth-order valence-corrected chi connectivity index (χ4v) is 2.70. The molecule has 1 fully saturated rings. The van der Waals surface area contributed by atoms with Crippen LogP contribution in [0.3, 0.4) is 0 Å². The normalized spacial score (nSPS) is 17.4. The Bertz CT molecular complexity index is 332. The van der Waals surface area contributed by atoms with Gasteiger partial charge in [-0.25, -0.2) is 0 Å². The number of piperidine rings is 1. The van der Waals surface area contributed by atoms with Crippen molar-refractivity contribution >= 4 is 12.4 Å². The van der Waals surface area contributed by atoms with Crippen molar-refractivity contribution in [3.05, 3.63) is 35.9 Å². The van der Waals surface area contributed by atoms with Crippen molar-refractivity contribution in [3.63, 3.8) is 0 Å². The molecule has 0 amide bonds. The first-order chi connectivity index (χ1) is 8.74. The third-order valence-corrected chi connectivity index (χ3v) is 3.94. The molecule has 0 spiro atoms. The minimum absolute atomic E-state index is 0. The van der Waals surface area contributed by atoms with Gasteiger partial charge in [-0.15, -0.1) is 12.4 Å². The molecule has 1 aliphatic rings. The maximum atomic E-state index is 2.61. The molecular weight excluding hydrogens is 256 g/mol. The van der Waals surface area contributed by atoms with Gasteiger partial charge in [0, 0.05) is 13.1 Å². The van der Waals surface area contributed by atoms with E-state index in [-0.39, 0.29) is 12.4 Å². The van der Waals surface area contributed by atoms with E-state index < -0.39 is 0 Å². The summed E-state index contributed by atoms with van der Waals surface area (Å²) in [6, 6.07) is 10.9. The van der Waals surface area contributed by atoms with Gasteiger partial charge in [0.2, 0.25) is 0 Å². The highest BCUT2D eigenvalue weighted by molar-refractivity contribution is 5.85. The average Bonchev–Trinajstić information content (AvgIpc) is 2.39. The van der Waals surface area contributed by atoms with Crippen LogP contribution in [-0.4, -0.2) is 50.1 Å². The number of nitrogens with zero attached hydrogens (tertiary/aromatic N) is 2. The number of likely N-dealkylation sites (tertiary alicyclic amines) is 1. The van der Waals surface area contributed by atoms with Gasteiger partial charge in [-0.1, -0.05) is 30.3 Å². The molecule has 19 heavy (non-hydrogen) atoms. The predicted octanol–water partition coefficient (Wildman–Crippen LogP) is 2.92. The maximum absolute atomic E-state index is 2.61. The molecule has 0 aromatic heterocycles. The topological polar surface area (TPSA) is 6.48 Å². The second-order valence-corrected chi connectivity index (χ2v) is 5.78. The van der Waals surface area contributed by atoms with E-state index in [2.05, 4.69) is 54.2 Å². The zero-order valence-corrected chi connectivity index (χ0v) is 13.0. The van der Waals surface area contributed by atoms with Gasteiger partial charge in [-0.2, -0.15) is 0 Å². The summed E-state index contributed by atoms with van der Waals surface area (Å²) in [7, 11) is 4.31. The second kappa shape index (κ2) is 8.57. The predicted molar refractivity (Wildman–Crippen MR) is 85.1 cm³/mol. The second-order valence-electron chi connectivity index (χ2n) is 5.78. The van der Waals surface area contributed by atoms with Crippen LogP contribution in [0.15, 0.2) is 30.3 Å². The van der Waals surface area contributed by atoms with Gasteiger partial charge < -0.3 is 9.80 Å². The SMILES string of the molecule is CN(C)CCN1CCC(Cc2ccccc2)CC1.Cl. The summed E-state index contributed by atoms with van der Waals surface area (Å²) >= 11 is 0. The lowest BCUT2D eigenvalue weighted by Crippen LogP contribution is -2.38. The molecule has 1 heterocycles. The summed E-state index contributed by atoms with van der Waals surface area (Å²) in [5.74, 6) is 0.892. The summed E-state index contributed by atoms with van der Waals surface area (Å²) < 4.78 is 0. The molecule has 2 nitrogen and oxygen atoms in total. The standard InChI is InChI=1S/C16H26N2.ClH/c1-17(2)12-13-18-10-8-16(9-11-18)14-15-6-4-3-5-7-15;/h3-7,16H,8-14H2,1-2H3;1H. The molecule has 1 aromatic rings. The molecule has 0 aliphatic carbocycles. The maximum Gasteiger partial charge on any atom is 0.0109 e. The van der Waals surface area contributed by atoms with Gasteiger partial charge in [0.15, 0.2) is 0 Å². The van der Waals surface area contributed by atoms with Gasteiger partial charge in [0.05, 0.1) is 0 Å². The summed E-state index contributed by atoms with van der Waals surface area (Å²) in [4.78, 5) is 4.89. The van der Waals surface area contributed by atoms with Gasteiger partial charge in [-0.05, 0) is 57.9 Å². The highest BCUT2D eigenvalue weighted by Crippen LogP contribution is 2.21. The van der Waals surface area contributed by atoms with E-state index in [1.165, 1.54) is 51.0 Å². The first-order valence-corrected chi connectivity index (χ1v) is 7.15. The number of hydrogen-bond acceptors (Lipinski definition) is 2. The van der Waals surface area contributed by atoms with Gasteiger partial charge in [-0.3, -0.25) is 0 Å². The highest BCUT2D eigenvalue weighted by Gasteiger charge is 2.18. The Morgan fingerprint density at radius 3 is 2.32 bits per heavy atom. The van der Waals surface area contributed by atoms with Gasteiger partial charge in [0.1, 0.15) is 0 Å². The lowest BCUT2D eigenvalue weighted by Gasteiger charge is -2.32. The monoisotopic (exact) mass is 282 g/mol. The molecule has 0 unspecified atom stereocenters. The molecule has 108 valence electrons. The fourth-order valence-electron chi connectivity index (χ4n) is 2.70. The van der Waals surface area contributed by atoms with Crippen molar-refractivity contribution < 1.29 is 0 Å². The number of benzene rings is 1. The van der Waals surface area contributed by atoms with Crippen LogP contribution in [-0.2, 0) is 6.42 Å². The Kier molecular flexibility index (Phi) is 7.44. The minimum atomic E-state index is 0. The third kappa shape index (κ3) is 5.94. The molecule has 0 saturated carbocycles. The van der Waals surface area contributed by atoms with Crippen molar-refractivity contribution in [1.82, 2.24) is 9.80 Å². The minimum Gasteiger partial charge on any atom is -0.308 e. The van der Waals surface area contributed by atoms with Crippen LogP contribution in [0.1, 0.15) is 18.4 Å². The third-order valence-electron chi connectivity index (χ3n) is 3.94. The fraction of sp³-hybridized carbons (Fsp3) is 0.625. The highest BCUT2D eigenvalue weighted by atomic mass is 35.5. The van der Waals surface area contributed by atoms with Crippen molar-refractivity contribution in [2.45, 2.75) is 19.3 Å². The lowest BCUT2D eigenvalue weighted by molar-refractivity contribution is 0.170. The van der Waals surface area contributed by atoms with Crippen molar-refractivity contribution in [2.75, 3.05) is 40.3 Å². The summed E-state index contributed by atoms with van der Waals surface area (Å²) in [5, 5.41) is 0. The van der Waals surface area contributed by atoms with E-state index in [9.17, 15) is 0 Å². The van der Waals surface area contributed by atoms with E-state index in [1.54, 1.807) is 0 Å². The van der Waals surface area contributed by atoms with Crippen molar-refractivity contribution in [1.29, 1.82) is 0 Å². The summed E-state index contributed by atoms with van der Waals surface area (Å²) in [5.41, 5.74) is 1.50. The number of likely N-dealkylation sites (N-methyl/N-ethyl adjacent to an activating group) is 1. The molecule has 0 atom stereocenters. The first-order valence-electron chi connectivity index (χ1n) is 7.15. The number of rotatable bonds is 5. The molecular formula is C16H27ClN2. The quantitative estimate of drug-likeness (QED) is 0.819. The molecule has 0 radical (unpaired) electrons. The molecule has 1 saturated heterocycles. The largest absolute Gasteiger partial charge is 0.308 e. The van der Waals surface area contributed by atoms with E-state index in [4.69, 9.17) is 0 Å². The molecule has 1 aliphatic heterocycles. The van der Waals surface area contributed by atoms with Gasteiger partial charge >= 0.3 is 0 Å². The zero-order chi connectivity index (χ0) is 12.8. The van der Waals surface area contributed by atoms with E-state index in [1.807, 2.05) is 0 Å². The Morgan fingerprint density at radius 1 is 1.11 bits per heavy atom. The molecule has 0 bridgehead atoms. The van der Waals surface area contributed by atoms with Crippen LogP contribution >= 0.6 is 12.4 Å². The Labute approximate surface area is 124 Å². The van der Waals surface area contributed by atoms with Crippen LogP contribution in [0.4, 0.5) is 0 Å². The Morgan fingerprint density at radius 2 is 1.74 bits per heavy atom. The first kappa shape index (κ1) is 16.5. The van der Waals surface area contributed by atoms with Crippen molar-refractivity contribution in [2.24, 2.45) is 5.92 Å². The lowest BCUT2D eigenvalue weighted by atomic mass is 9.90. The zero-order valence-electron chi connectivity index (χ0n) is 12.2. The number of hydrogen-bond donors (Lipinski definition) is 0.